The van der Waals surface area contributed by atoms with E-state index in [-0.39, 0.29) is 0 Å². The van der Waals surface area contributed by atoms with Crippen molar-refractivity contribution in [3.8, 4) is 0 Å². The van der Waals surface area contributed by atoms with Crippen molar-refractivity contribution in [2.75, 3.05) is 40.3 Å². The Morgan fingerprint density at radius 2 is 2.04 bits per heavy atom. The lowest BCUT2D eigenvalue weighted by Crippen LogP contribution is -2.28. The molecule has 0 N–H and O–H groups in total. The fourth-order valence-corrected chi connectivity index (χ4v) is 5.17. The molecular formula is C18H26BrN3S. The summed E-state index contributed by atoms with van der Waals surface area (Å²) in [5.74, 6) is 0. The van der Waals surface area contributed by atoms with Crippen molar-refractivity contribution in [1.82, 2.24) is 14.7 Å². The summed E-state index contributed by atoms with van der Waals surface area (Å²) in [5.41, 5.74) is 2.72. The molecule has 5 heteroatoms. The number of nitrogens with zero attached hydrogens (tertiary/aromatic N) is 3. The lowest BCUT2D eigenvalue weighted by atomic mass is 10.1. The molecule has 0 aromatic carbocycles. The van der Waals surface area contributed by atoms with Gasteiger partial charge in [0.1, 0.15) is 0 Å². The van der Waals surface area contributed by atoms with Crippen molar-refractivity contribution in [2.45, 2.75) is 26.3 Å². The van der Waals surface area contributed by atoms with Crippen LogP contribution in [0.25, 0.3) is 10.2 Å². The van der Waals surface area contributed by atoms with Gasteiger partial charge < -0.3 is 9.80 Å². The van der Waals surface area contributed by atoms with Crippen LogP contribution in [0.3, 0.4) is 0 Å². The van der Waals surface area contributed by atoms with Crippen molar-refractivity contribution in [1.29, 1.82) is 0 Å². The second kappa shape index (κ2) is 7.51. The van der Waals surface area contributed by atoms with Gasteiger partial charge in [0.05, 0.1) is 9.36 Å². The highest BCUT2D eigenvalue weighted by Crippen LogP contribution is 2.42. The molecule has 0 radical (unpaired) electrons. The maximum absolute atomic E-state index is 3.75. The minimum absolute atomic E-state index is 1.06. The average molecular weight is 396 g/mol. The number of allylic oxidation sites excluding steroid dienone is 1. The number of fused-ring (bicyclic) bond motifs is 1. The molecule has 23 heavy (non-hydrogen) atoms. The third kappa shape index (κ3) is 3.90. The van der Waals surface area contributed by atoms with Crippen molar-refractivity contribution in [3.05, 3.63) is 33.7 Å². The van der Waals surface area contributed by atoms with E-state index < -0.39 is 0 Å². The maximum atomic E-state index is 3.75. The standard InChI is InChI=1S/C18H26BrN3S/c1-4-6-17-15-11-14(23-18(15)16(19)13-21(17)3)12-22-8-5-7-20(2)9-10-22/h6,11,13H,4-5,7-10,12H2,1-3H3/b17-6+. The zero-order chi connectivity index (χ0) is 16.4. The Kier molecular flexibility index (Phi) is 5.62. The predicted octanol–water partition coefficient (Wildman–Crippen LogP) is 4.28. The number of rotatable bonds is 3. The van der Waals surface area contributed by atoms with Crippen LogP contribution in [0.1, 0.15) is 35.1 Å². The van der Waals surface area contributed by atoms with E-state index in [9.17, 15) is 0 Å². The highest BCUT2D eigenvalue weighted by Gasteiger charge is 2.23. The molecule has 1 saturated heterocycles. The maximum Gasteiger partial charge on any atom is 0.0523 e. The molecule has 126 valence electrons. The summed E-state index contributed by atoms with van der Waals surface area (Å²) in [5, 5.41) is 0. The van der Waals surface area contributed by atoms with Crippen molar-refractivity contribution in [3.63, 3.8) is 0 Å². The first-order chi connectivity index (χ1) is 11.1. The van der Waals surface area contributed by atoms with Gasteiger partial charge in [-0.3, -0.25) is 4.90 Å². The zero-order valence-corrected chi connectivity index (χ0v) is 16.7. The number of hydrogen-bond donors (Lipinski definition) is 0. The van der Waals surface area contributed by atoms with Gasteiger partial charge >= 0.3 is 0 Å². The van der Waals surface area contributed by atoms with Crippen molar-refractivity contribution >= 4 is 37.4 Å². The number of halogens is 1. The smallest absolute Gasteiger partial charge is 0.0523 e. The fourth-order valence-electron chi connectivity index (χ4n) is 3.30. The highest BCUT2D eigenvalue weighted by atomic mass is 79.9. The van der Waals surface area contributed by atoms with Gasteiger partial charge in [-0.15, -0.1) is 11.3 Å². The van der Waals surface area contributed by atoms with E-state index in [1.54, 1.807) is 0 Å². The SMILES string of the molecule is CC/C=C1\c2cc(CN3CCCN(C)CC3)sc2C(Br)=CN1C. The molecule has 2 aliphatic heterocycles. The van der Waals surface area contributed by atoms with Crippen LogP contribution < -0.4 is 0 Å². The topological polar surface area (TPSA) is 9.72 Å². The molecule has 0 unspecified atom stereocenters. The van der Waals surface area contributed by atoms with E-state index in [0.29, 0.717) is 0 Å². The predicted molar refractivity (Wildman–Crippen MR) is 105 cm³/mol. The molecule has 0 aliphatic carbocycles. The van der Waals surface area contributed by atoms with E-state index in [1.807, 2.05) is 11.3 Å². The van der Waals surface area contributed by atoms with Gasteiger partial charge in [-0.05, 0) is 55.0 Å². The van der Waals surface area contributed by atoms with Crippen LogP contribution in [0.2, 0.25) is 0 Å². The van der Waals surface area contributed by atoms with Gasteiger partial charge in [0, 0.05) is 49.0 Å². The molecule has 0 amide bonds. The molecule has 2 aliphatic rings. The summed E-state index contributed by atoms with van der Waals surface area (Å²) in [4.78, 5) is 10.1. The molecule has 3 rings (SSSR count). The van der Waals surface area contributed by atoms with Crippen molar-refractivity contribution in [2.24, 2.45) is 0 Å². The molecule has 3 nitrogen and oxygen atoms in total. The van der Waals surface area contributed by atoms with Crippen LogP contribution >= 0.6 is 27.3 Å². The molecular weight excluding hydrogens is 370 g/mol. The van der Waals surface area contributed by atoms with Gasteiger partial charge in [-0.2, -0.15) is 0 Å². The first-order valence-corrected chi connectivity index (χ1v) is 10.0. The van der Waals surface area contributed by atoms with E-state index in [4.69, 9.17) is 0 Å². The Bertz CT molecular complexity index is 620. The Hall–Kier alpha value is -0.620. The van der Waals surface area contributed by atoms with Crippen LogP contribution in [0.5, 0.6) is 0 Å². The van der Waals surface area contributed by atoms with Gasteiger partial charge in [0.25, 0.3) is 0 Å². The molecule has 1 aromatic rings. The van der Waals surface area contributed by atoms with E-state index in [0.717, 1.165) is 13.0 Å². The summed E-state index contributed by atoms with van der Waals surface area (Å²) < 4.78 is 1.20. The number of likely N-dealkylation sites (N-methyl/N-ethyl adjacent to an activating group) is 1. The summed E-state index contributed by atoms with van der Waals surface area (Å²) in [6.45, 7) is 8.07. The molecule has 0 bridgehead atoms. The molecule has 3 heterocycles. The van der Waals surface area contributed by atoms with E-state index >= 15 is 0 Å². The lowest BCUT2D eigenvalue weighted by molar-refractivity contribution is 0.271. The Morgan fingerprint density at radius 1 is 1.22 bits per heavy atom. The van der Waals surface area contributed by atoms with Crippen LogP contribution in [0.15, 0.2) is 18.3 Å². The summed E-state index contributed by atoms with van der Waals surface area (Å²) in [6.07, 6.45) is 6.85. The van der Waals surface area contributed by atoms with Crippen LogP contribution in [-0.2, 0) is 6.54 Å². The van der Waals surface area contributed by atoms with Gasteiger partial charge in [0.15, 0.2) is 0 Å². The average Bonchev–Trinajstić information content (AvgIpc) is 2.82. The second-order valence-electron chi connectivity index (χ2n) is 6.47. The second-order valence-corrected chi connectivity index (χ2v) is 8.47. The van der Waals surface area contributed by atoms with Gasteiger partial charge in [0.2, 0.25) is 0 Å². The summed E-state index contributed by atoms with van der Waals surface area (Å²) in [7, 11) is 4.36. The fraction of sp³-hybridized carbons (Fsp3) is 0.556. The van der Waals surface area contributed by atoms with Crippen LogP contribution in [0.4, 0.5) is 0 Å². The highest BCUT2D eigenvalue weighted by molar-refractivity contribution is 9.15. The quantitative estimate of drug-likeness (QED) is 0.755. The summed E-state index contributed by atoms with van der Waals surface area (Å²) in [6, 6.07) is 2.40. The number of hydrogen-bond acceptors (Lipinski definition) is 4. The largest absolute Gasteiger partial charge is 0.350 e. The monoisotopic (exact) mass is 395 g/mol. The van der Waals surface area contributed by atoms with E-state index in [1.165, 1.54) is 58.1 Å². The first kappa shape index (κ1) is 17.2. The summed E-state index contributed by atoms with van der Waals surface area (Å²) >= 11 is 5.69. The normalized spacial score (nSPS) is 22.2. The third-order valence-corrected chi connectivity index (χ3v) is 6.57. The Labute approximate surface area is 152 Å². The first-order valence-electron chi connectivity index (χ1n) is 8.43. The van der Waals surface area contributed by atoms with Crippen LogP contribution in [0, 0.1) is 0 Å². The Morgan fingerprint density at radius 3 is 2.83 bits per heavy atom. The lowest BCUT2D eigenvalue weighted by Gasteiger charge is -2.24. The molecule has 0 atom stereocenters. The van der Waals surface area contributed by atoms with Crippen LogP contribution in [-0.4, -0.2) is 55.0 Å². The molecule has 1 aromatic heterocycles. The number of thiophene rings is 1. The van der Waals surface area contributed by atoms with Gasteiger partial charge in [-0.1, -0.05) is 13.0 Å². The van der Waals surface area contributed by atoms with Crippen molar-refractivity contribution < 1.29 is 0 Å². The minimum Gasteiger partial charge on any atom is -0.350 e. The van der Waals surface area contributed by atoms with E-state index in [2.05, 4.69) is 70.0 Å². The zero-order valence-electron chi connectivity index (χ0n) is 14.3. The molecule has 1 fully saturated rings. The molecule has 0 spiro atoms. The minimum atomic E-state index is 1.06. The third-order valence-electron chi connectivity index (χ3n) is 4.55. The Balaban J connectivity index is 1.81. The molecule has 0 saturated carbocycles. The van der Waals surface area contributed by atoms with Gasteiger partial charge in [-0.25, -0.2) is 0 Å².